The van der Waals surface area contributed by atoms with Crippen molar-refractivity contribution in [1.82, 2.24) is 37.8 Å². The number of fused-ring (bicyclic) bond motifs is 20. The predicted octanol–water partition coefficient (Wildman–Crippen LogP) is 19.8. The van der Waals surface area contributed by atoms with Gasteiger partial charge in [0.15, 0.2) is 5.82 Å². The molecule has 0 fully saturated rings. The van der Waals surface area contributed by atoms with Crippen molar-refractivity contribution < 1.29 is 0 Å². The molecule has 0 saturated heterocycles. The highest BCUT2D eigenvalue weighted by Gasteiger charge is 2.41. The second-order valence-corrected chi connectivity index (χ2v) is 23.9. The normalized spacial score (nSPS) is 14.8. The van der Waals surface area contributed by atoms with Gasteiger partial charge in [0.25, 0.3) is 0 Å². The third kappa shape index (κ3) is 6.82. The van der Waals surface area contributed by atoms with Crippen LogP contribution in [0.3, 0.4) is 0 Å². The van der Waals surface area contributed by atoms with Crippen LogP contribution in [0.1, 0.15) is 11.5 Å². The van der Waals surface area contributed by atoms with E-state index in [1.165, 1.54) is 10.9 Å². The molecule has 0 amide bonds. The molecule has 0 bridgehead atoms. The van der Waals surface area contributed by atoms with Crippen LogP contribution in [0.25, 0.3) is 149 Å². The molecule has 0 N–H and O–H groups in total. The summed E-state index contributed by atoms with van der Waals surface area (Å²) in [5, 5.41) is 11.3. The van der Waals surface area contributed by atoms with Crippen LogP contribution in [0.15, 0.2) is 297 Å². The standard InChI is InChI=1S/C81H51N9/c1-6-24-50(25-7-1)79-82-80(89-73-46-63-57-36-18-20-38-67(57)85(51-26-8-2-9-27-51)71(63)48-65(73)66-49-72-64(47-74(66)89)58-37-19-21-39-68(58)86(72)52-28-10-3-11-29-52)84-81(83-79)90-77-61(44-42-59-55-34-16-22-40-69(55)87(75(59)77)53-30-12-4-13-31-53)62-45-43-60-56-35-17-23-41-70(56)88(76(60)78(62)90)54-32-14-5-15-33-54/h1-49,55,69H. The molecule has 1 aliphatic heterocycles. The molecule has 6 aromatic heterocycles. The Kier molecular flexibility index (Phi) is 10.2. The van der Waals surface area contributed by atoms with Crippen LogP contribution in [0, 0.1) is 0 Å². The molecule has 420 valence electrons. The van der Waals surface area contributed by atoms with E-state index in [0.717, 1.165) is 138 Å². The lowest BCUT2D eigenvalue weighted by atomic mass is 9.91. The lowest BCUT2D eigenvalue weighted by molar-refractivity contribution is 0.745. The number of benzene rings is 12. The Morgan fingerprint density at radius 3 is 1.21 bits per heavy atom. The number of hydrogen-bond donors (Lipinski definition) is 0. The van der Waals surface area contributed by atoms with Gasteiger partial charge in [0, 0.05) is 88.1 Å². The van der Waals surface area contributed by atoms with Gasteiger partial charge < -0.3 is 18.6 Å². The van der Waals surface area contributed by atoms with Crippen molar-refractivity contribution in [1.29, 1.82) is 0 Å². The number of rotatable bonds is 7. The van der Waals surface area contributed by atoms with E-state index in [4.69, 9.17) is 15.0 Å². The van der Waals surface area contributed by atoms with Crippen LogP contribution in [-0.2, 0) is 0 Å². The molecule has 18 aromatic rings. The van der Waals surface area contributed by atoms with Gasteiger partial charge in [0.2, 0.25) is 11.9 Å². The molecule has 0 spiro atoms. The topological polar surface area (TPSA) is 66.6 Å². The summed E-state index contributed by atoms with van der Waals surface area (Å²) in [4.78, 5) is 20.2. The number of aromatic nitrogens is 8. The maximum Gasteiger partial charge on any atom is 0.240 e. The van der Waals surface area contributed by atoms with Crippen LogP contribution in [0.5, 0.6) is 0 Å². The minimum absolute atomic E-state index is 0.0287. The van der Waals surface area contributed by atoms with E-state index in [9.17, 15) is 0 Å². The summed E-state index contributed by atoms with van der Waals surface area (Å²) >= 11 is 0. The highest BCUT2D eigenvalue weighted by atomic mass is 15.3. The summed E-state index contributed by atoms with van der Waals surface area (Å²) < 4.78 is 12.0. The SMILES string of the molecule is C1=CC2c3ccc4c5ccc6c7ccccc7n(-c7ccccc7)c6c5n(-c5nc(-c6ccccc6)nc(-n6c7cc8c9ccccc9n(-c9ccccc9)c8cc7c7cc8c(cc76)c6ccccc6n8-c6ccccc6)n5)c4c3N(c3ccccc3)C2C=C1. The summed E-state index contributed by atoms with van der Waals surface area (Å²) in [5.41, 5.74) is 18.3. The van der Waals surface area contributed by atoms with Gasteiger partial charge in [-0.1, -0.05) is 206 Å². The zero-order valence-electron chi connectivity index (χ0n) is 48.5. The first kappa shape index (κ1) is 49.1. The van der Waals surface area contributed by atoms with Crippen molar-refractivity contribution in [2.45, 2.75) is 12.0 Å². The Balaban J connectivity index is 0.979. The van der Waals surface area contributed by atoms with Crippen LogP contribution >= 0.6 is 0 Å². The molecule has 0 saturated carbocycles. The largest absolute Gasteiger partial charge is 0.332 e. The fourth-order valence-electron chi connectivity index (χ4n) is 15.5. The molecule has 2 aliphatic rings. The Morgan fingerprint density at radius 2 is 0.656 bits per heavy atom. The van der Waals surface area contributed by atoms with Gasteiger partial charge in [0.1, 0.15) is 0 Å². The van der Waals surface area contributed by atoms with Crippen molar-refractivity contribution in [3.05, 3.63) is 303 Å². The third-order valence-corrected chi connectivity index (χ3v) is 19.2. The molecular formula is C81H51N9. The smallest absolute Gasteiger partial charge is 0.240 e. The van der Waals surface area contributed by atoms with Crippen LogP contribution in [0.4, 0.5) is 11.4 Å². The van der Waals surface area contributed by atoms with Crippen molar-refractivity contribution in [3.63, 3.8) is 0 Å². The maximum atomic E-state index is 6.05. The number of hydrogen-bond acceptors (Lipinski definition) is 4. The van der Waals surface area contributed by atoms with Gasteiger partial charge in [0.05, 0.1) is 66.9 Å². The first-order chi connectivity index (χ1) is 44.7. The molecule has 7 heterocycles. The molecule has 1 aliphatic carbocycles. The monoisotopic (exact) mass is 1150 g/mol. The minimum atomic E-state index is 0.0287. The summed E-state index contributed by atoms with van der Waals surface area (Å²) in [7, 11) is 0. The van der Waals surface area contributed by atoms with Crippen molar-refractivity contribution >= 4 is 120 Å². The average molecular weight is 1150 g/mol. The van der Waals surface area contributed by atoms with Crippen molar-refractivity contribution in [2.75, 3.05) is 4.90 Å². The van der Waals surface area contributed by atoms with E-state index >= 15 is 0 Å². The fourth-order valence-corrected chi connectivity index (χ4v) is 15.5. The van der Waals surface area contributed by atoms with Gasteiger partial charge in [-0.25, -0.2) is 0 Å². The van der Waals surface area contributed by atoms with Gasteiger partial charge in [-0.15, -0.1) is 0 Å². The maximum absolute atomic E-state index is 6.05. The summed E-state index contributed by atoms with van der Waals surface area (Å²) in [6, 6.07) is 99.1. The summed E-state index contributed by atoms with van der Waals surface area (Å²) in [5.74, 6) is 1.68. The highest BCUT2D eigenvalue weighted by molar-refractivity contribution is 6.26. The molecule has 9 nitrogen and oxygen atoms in total. The van der Waals surface area contributed by atoms with E-state index in [1.807, 2.05) is 0 Å². The lowest BCUT2D eigenvalue weighted by Gasteiger charge is -2.29. The van der Waals surface area contributed by atoms with Gasteiger partial charge in [-0.3, -0.25) is 9.13 Å². The lowest BCUT2D eigenvalue weighted by Crippen LogP contribution is -2.28. The Hall–Kier alpha value is -12.1. The quantitative estimate of drug-likeness (QED) is 0.159. The van der Waals surface area contributed by atoms with Crippen LogP contribution in [-0.4, -0.2) is 43.8 Å². The number of nitrogens with zero attached hydrogens (tertiary/aromatic N) is 9. The van der Waals surface area contributed by atoms with Crippen LogP contribution in [0.2, 0.25) is 0 Å². The molecule has 2 unspecified atom stereocenters. The molecular weight excluding hydrogens is 1100 g/mol. The van der Waals surface area contributed by atoms with E-state index in [1.54, 1.807) is 0 Å². The molecule has 90 heavy (non-hydrogen) atoms. The number of anilines is 2. The second kappa shape index (κ2) is 18.7. The molecule has 2 atom stereocenters. The minimum Gasteiger partial charge on any atom is -0.332 e. The Bertz CT molecular complexity index is 5920. The molecule has 0 radical (unpaired) electrons. The van der Waals surface area contributed by atoms with Gasteiger partial charge in [-0.2, -0.15) is 15.0 Å². The van der Waals surface area contributed by atoms with E-state index in [-0.39, 0.29) is 12.0 Å². The first-order valence-corrected chi connectivity index (χ1v) is 30.9. The number of para-hydroxylation sites is 7. The van der Waals surface area contributed by atoms with Gasteiger partial charge >= 0.3 is 0 Å². The average Bonchev–Trinajstić information content (AvgIpc) is 1.55. The Morgan fingerprint density at radius 1 is 0.267 bits per heavy atom. The Labute approximate surface area is 515 Å². The molecule has 12 aromatic carbocycles. The fraction of sp³-hybridized carbons (Fsp3) is 0.0247. The zero-order valence-corrected chi connectivity index (χ0v) is 48.5. The van der Waals surface area contributed by atoms with E-state index in [0.29, 0.717) is 17.7 Å². The third-order valence-electron chi connectivity index (χ3n) is 19.2. The first-order valence-electron chi connectivity index (χ1n) is 30.9. The van der Waals surface area contributed by atoms with E-state index < -0.39 is 0 Å². The molecule has 9 heteroatoms. The predicted molar refractivity (Wildman–Crippen MR) is 370 cm³/mol. The van der Waals surface area contributed by atoms with E-state index in [2.05, 4.69) is 325 Å². The number of allylic oxidation sites excluding steroid dienone is 2. The molecule has 20 rings (SSSR count). The van der Waals surface area contributed by atoms with Crippen molar-refractivity contribution in [3.8, 4) is 40.3 Å². The second-order valence-electron chi connectivity index (χ2n) is 23.9. The summed E-state index contributed by atoms with van der Waals surface area (Å²) in [6.45, 7) is 0. The van der Waals surface area contributed by atoms with Crippen molar-refractivity contribution in [2.24, 2.45) is 0 Å². The summed E-state index contributed by atoms with van der Waals surface area (Å²) in [6.07, 6.45) is 9.14. The van der Waals surface area contributed by atoms with Crippen LogP contribution < -0.4 is 4.90 Å². The van der Waals surface area contributed by atoms with Gasteiger partial charge in [-0.05, 0) is 96.6 Å². The zero-order chi connectivity index (χ0) is 58.7. The highest BCUT2D eigenvalue weighted by Crippen LogP contribution is 2.54.